The average molecular weight is 380 g/mol. The molecule has 1 aromatic carbocycles. The first kappa shape index (κ1) is 20.2. The summed E-state index contributed by atoms with van der Waals surface area (Å²) in [6.07, 6.45) is 5.69. The van der Waals surface area contributed by atoms with Gasteiger partial charge in [-0.2, -0.15) is 0 Å². The molecule has 0 bridgehead atoms. The highest BCUT2D eigenvalue weighted by atomic mass is 35.5. The summed E-state index contributed by atoms with van der Waals surface area (Å²) in [7, 11) is 1.63. The molecule has 3 rings (SSSR count). The smallest absolute Gasteiger partial charge is 0.225 e. The van der Waals surface area contributed by atoms with Crippen LogP contribution in [-0.2, 0) is 11.3 Å². The Morgan fingerprint density at radius 2 is 2.12 bits per heavy atom. The summed E-state index contributed by atoms with van der Waals surface area (Å²) in [5.74, 6) is 0.648. The van der Waals surface area contributed by atoms with E-state index in [4.69, 9.17) is 10.5 Å². The lowest BCUT2D eigenvalue weighted by Crippen LogP contribution is -2.52. The van der Waals surface area contributed by atoms with Gasteiger partial charge in [0.15, 0.2) is 0 Å². The molecule has 2 atom stereocenters. The highest BCUT2D eigenvalue weighted by molar-refractivity contribution is 5.85. The van der Waals surface area contributed by atoms with E-state index in [0.29, 0.717) is 12.2 Å². The van der Waals surface area contributed by atoms with Crippen LogP contribution in [0.4, 0.5) is 0 Å². The van der Waals surface area contributed by atoms with E-state index in [1.165, 1.54) is 0 Å². The highest BCUT2D eigenvalue weighted by Crippen LogP contribution is 2.31. The molecule has 142 valence electrons. The lowest BCUT2D eigenvalue weighted by Gasteiger charge is -2.37. The van der Waals surface area contributed by atoms with Gasteiger partial charge in [-0.3, -0.25) is 4.79 Å². The average Bonchev–Trinajstić information content (AvgIpc) is 3.08. The van der Waals surface area contributed by atoms with Crippen LogP contribution in [0.2, 0.25) is 0 Å². The van der Waals surface area contributed by atoms with Crippen LogP contribution in [0.1, 0.15) is 38.3 Å². The Balaban J connectivity index is 0.00000243. The molecule has 3 N–H and O–H groups in total. The first-order valence-corrected chi connectivity index (χ1v) is 8.62. The first-order valence-electron chi connectivity index (χ1n) is 8.62. The number of carbonyl (C=O) groups excluding carboxylic acids is 1. The molecular formula is C18H26ClN5O2. The second-order valence-corrected chi connectivity index (χ2v) is 6.87. The van der Waals surface area contributed by atoms with Gasteiger partial charge in [-0.1, -0.05) is 18.1 Å². The van der Waals surface area contributed by atoms with Crippen molar-refractivity contribution in [3.8, 4) is 11.4 Å². The van der Waals surface area contributed by atoms with Gasteiger partial charge >= 0.3 is 0 Å². The molecule has 1 aliphatic rings. The molecule has 26 heavy (non-hydrogen) atoms. The maximum atomic E-state index is 12.5. The van der Waals surface area contributed by atoms with Crippen molar-refractivity contribution in [1.29, 1.82) is 0 Å². The third-order valence-corrected chi connectivity index (χ3v) is 4.89. The number of methoxy groups -OCH3 is 1. The zero-order chi connectivity index (χ0) is 17.9. The Morgan fingerprint density at radius 1 is 1.38 bits per heavy atom. The molecule has 2 aromatic rings. The van der Waals surface area contributed by atoms with Crippen LogP contribution in [0, 0.1) is 5.92 Å². The Bertz CT molecular complexity index is 729. The number of ether oxygens (including phenoxy) is 1. The number of nitrogens with one attached hydrogen (secondary N) is 1. The van der Waals surface area contributed by atoms with Gasteiger partial charge < -0.3 is 15.8 Å². The van der Waals surface area contributed by atoms with Gasteiger partial charge in [0.2, 0.25) is 5.91 Å². The maximum absolute atomic E-state index is 12.5. The predicted molar refractivity (Wildman–Crippen MR) is 102 cm³/mol. The zero-order valence-electron chi connectivity index (χ0n) is 15.1. The van der Waals surface area contributed by atoms with Gasteiger partial charge in [0.1, 0.15) is 11.4 Å². The number of nitrogens with two attached hydrogens (primary N) is 1. The Hall–Kier alpha value is -2.12. The number of nitrogens with zero attached hydrogens (tertiary/aromatic N) is 3. The van der Waals surface area contributed by atoms with Crippen molar-refractivity contribution in [2.45, 2.75) is 44.7 Å². The molecule has 0 saturated heterocycles. The second-order valence-electron chi connectivity index (χ2n) is 6.87. The minimum absolute atomic E-state index is 0. The zero-order valence-corrected chi connectivity index (χ0v) is 16.0. The van der Waals surface area contributed by atoms with Crippen molar-refractivity contribution in [2.24, 2.45) is 11.7 Å². The Kier molecular flexibility index (Phi) is 6.61. The fourth-order valence-corrected chi connectivity index (χ4v) is 3.33. The van der Waals surface area contributed by atoms with Crippen LogP contribution in [0.3, 0.4) is 0 Å². The van der Waals surface area contributed by atoms with Gasteiger partial charge in [-0.25, -0.2) is 4.68 Å². The number of rotatable bonds is 5. The minimum atomic E-state index is -0.428. The van der Waals surface area contributed by atoms with E-state index in [1.54, 1.807) is 11.8 Å². The Morgan fingerprint density at radius 3 is 2.77 bits per heavy atom. The minimum Gasteiger partial charge on any atom is -0.497 e. The number of halogens is 1. The lowest BCUT2D eigenvalue weighted by atomic mass is 9.74. The molecule has 1 aliphatic carbocycles. The van der Waals surface area contributed by atoms with Crippen LogP contribution >= 0.6 is 12.4 Å². The van der Waals surface area contributed by atoms with Crippen LogP contribution in [-0.4, -0.2) is 33.5 Å². The van der Waals surface area contributed by atoms with E-state index < -0.39 is 5.54 Å². The number of carbonyl (C=O) groups is 1. The summed E-state index contributed by atoms with van der Waals surface area (Å²) in [6.45, 7) is 2.32. The largest absolute Gasteiger partial charge is 0.497 e. The molecule has 1 heterocycles. The third kappa shape index (κ3) is 4.53. The standard InChI is InChI=1S/C18H25N5O2.ClH/c1-18(19)10-4-3-5-16(18)17(24)20-11-13-12-23(22-21-13)14-6-8-15(25-2)9-7-14;/h6-9,12,16H,3-5,10-11,19H2,1-2H3,(H,20,24);1H. The van der Waals surface area contributed by atoms with E-state index >= 15 is 0 Å². The van der Waals surface area contributed by atoms with Crippen LogP contribution in [0.25, 0.3) is 5.69 Å². The molecule has 1 aromatic heterocycles. The predicted octanol–water partition coefficient (Wildman–Crippen LogP) is 2.22. The van der Waals surface area contributed by atoms with Gasteiger partial charge in [-0.05, 0) is 44.0 Å². The van der Waals surface area contributed by atoms with Crippen molar-refractivity contribution >= 4 is 18.3 Å². The Labute approximate surface area is 159 Å². The van der Waals surface area contributed by atoms with Crippen molar-refractivity contribution in [2.75, 3.05) is 7.11 Å². The highest BCUT2D eigenvalue weighted by Gasteiger charge is 2.37. The van der Waals surface area contributed by atoms with Crippen molar-refractivity contribution in [3.05, 3.63) is 36.2 Å². The molecule has 0 aliphatic heterocycles. The van der Waals surface area contributed by atoms with Crippen molar-refractivity contribution in [3.63, 3.8) is 0 Å². The van der Waals surface area contributed by atoms with E-state index in [9.17, 15) is 4.79 Å². The SMILES string of the molecule is COc1ccc(-n2cc(CNC(=O)C3CCCCC3(C)N)nn2)cc1.Cl. The fraction of sp³-hybridized carbons (Fsp3) is 0.500. The monoisotopic (exact) mass is 379 g/mol. The topological polar surface area (TPSA) is 95.1 Å². The quantitative estimate of drug-likeness (QED) is 0.830. The normalized spacial score (nSPS) is 22.3. The van der Waals surface area contributed by atoms with Gasteiger partial charge in [0.05, 0.1) is 31.5 Å². The molecule has 1 fully saturated rings. The van der Waals surface area contributed by atoms with Crippen molar-refractivity contribution in [1.82, 2.24) is 20.3 Å². The van der Waals surface area contributed by atoms with Crippen LogP contribution < -0.4 is 15.8 Å². The molecule has 7 nitrogen and oxygen atoms in total. The summed E-state index contributed by atoms with van der Waals surface area (Å²) in [4.78, 5) is 12.5. The fourth-order valence-electron chi connectivity index (χ4n) is 3.33. The van der Waals surface area contributed by atoms with Crippen molar-refractivity contribution < 1.29 is 9.53 Å². The summed E-state index contributed by atoms with van der Waals surface area (Å²) >= 11 is 0. The molecule has 1 amide bonds. The van der Waals surface area contributed by atoms with E-state index in [-0.39, 0.29) is 24.2 Å². The number of amides is 1. The van der Waals surface area contributed by atoms with E-state index in [2.05, 4.69) is 15.6 Å². The number of aromatic nitrogens is 3. The molecular weight excluding hydrogens is 354 g/mol. The second kappa shape index (κ2) is 8.51. The van der Waals surface area contributed by atoms with Gasteiger partial charge in [0.25, 0.3) is 0 Å². The number of hydrogen-bond acceptors (Lipinski definition) is 5. The molecule has 8 heteroatoms. The van der Waals surface area contributed by atoms with Gasteiger partial charge in [-0.15, -0.1) is 17.5 Å². The number of benzene rings is 1. The lowest BCUT2D eigenvalue weighted by molar-refractivity contribution is -0.128. The first-order chi connectivity index (χ1) is 12.0. The number of hydrogen-bond donors (Lipinski definition) is 2. The van der Waals surface area contributed by atoms with Crippen LogP contribution in [0.5, 0.6) is 5.75 Å². The van der Waals surface area contributed by atoms with Crippen LogP contribution in [0.15, 0.2) is 30.5 Å². The summed E-state index contributed by atoms with van der Waals surface area (Å²) in [5, 5.41) is 11.2. The van der Waals surface area contributed by atoms with Gasteiger partial charge in [0, 0.05) is 5.54 Å². The molecule has 0 spiro atoms. The van der Waals surface area contributed by atoms with E-state index in [1.807, 2.05) is 37.4 Å². The molecule has 2 unspecified atom stereocenters. The summed E-state index contributed by atoms with van der Waals surface area (Å²) in [5.41, 5.74) is 7.45. The maximum Gasteiger partial charge on any atom is 0.225 e. The molecule has 0 radical (unpaired) electrons. The summed E-state index contributed by atoms with van der Waals surface area (Å²) < 4.78 is 6.82. The van der Waals surface area contributed by atoms with E-state index in [0.717, 1.165) is 37.1 Å². The molecule has 1 saturated carbocycles. The third-order valence-electron chi connectivity index (χ3n) is 4.89. The summed E-state index contributed by atoms with van der Waals surface area (Å²) in [6, 6.07) is 7.53.